The molecule has 0 saturated carbocycles. The lowest BCUT2D eigenvalue weighted by Gasteiger charge is -2.03. The van der Waals surface area contributed by atoms with E-state index < -0.39 is 0 Å². The summed E-state index contributed by atoms with van der Waals surface area (Å²) < 4.78 is 1.88. The molecule has 0 aliphatic rings. The molecule has 0 aliphatic heterocycles. The van der Waals surface area contributed by atoms with Gasteiger partial charge in [-0.25, -0.2) is 4.98 Å². The number of nitro groups is 1. The molecule has 0 amide bonds. The molecule has 0 bridgehead atoms. The Morgan fingerprint density at radius 3 is 2.83 bits per heavy atom. The average Bonchev–Trinajstić information content (AvgIpc) is 2.84. The van der Waals surface area contributed by atoms with Crippen LogP contribution in [0.3, 0.4) is 0 Å². The van der Waals surface area contributed by atoms with E-state index in [2.05, 4.69) is 4.98 Å². The summed E-state index contributed by atoms with van der Waals surface area (Å²) in [6.45, 7) is 0.648. The van der Waals surface area contributed by atoms with Crippen molar-refractivity contribution in [2.24, 2.45) is 0 Å². The molecule has 0 atom stereocenters. The van der Waals surface area contributed by atoms with Crippen LogP contribution in [0.25, 0.3) is 0 Å². The SMILES string of the molecule is O=[N+]([O-])c1ccccc1CCn1cnc(CCl)c1. The van der Waals surface area contributed by atoms with Gasteiger partial charge in [0.05, 0.1) is 22.8 Å². The van der Waals surface area contributed by atoms with Crippen molar-refractivity contribution in [3.05, 3.63) is 58.2 Å². The Bertz CT molecular complexity index is 554. The monoisotopic (exact) mass is 265 g/mol. The molecular formula is C12H12ClN3O2. The van der Waals surface area contributed by atoms with Gasteiger partial charge in [0.25, 0.3) is 5.69 Å². The maximum absolute atomic E-state index is 10.9. The first-order valence-corrected chi connectivity index (χ1v) is 6.03. The summed E-state index contributed by atoms with van der Waals surface area (Å²) in [5.74, 6) is 0.373. The zero-order valence-electron chi connectivity index (χ0n) is 9.62. The Labute approximate surface area is 109 Å². The molecule has 94 valence electrons. The molecule has 1 heterocycles. The molecule has 6 heteroatoms. The van der Waals surface area contributed by atoms with Crippen LogP contribution >= 0.6 is 11.6 Å². The quantitative estimate of drug-likeness (QED) is 0.474. The molecule has 2 rings (SSSR count). The maximum atomic E-state index is 10.9. The third-order valence-corrected chi connectivity index (χ3v) is 2.93. The summed E-state index contributed by atoms with van der Waals surface area (Å²) in [5, 5.41) is 10.9. The highest BCUT2D eigenvalue weighted by atomic mass is 35.5. The minimum atomic E-state index is -0.354. The zero-order valence-corrected chi connectivity index (χ0v) is 10.4. The fraction of sp³-hybridized carbons (Fsp3) is 0.250. The van der Waals surface area contributed by atoms with Gasteiger partial charge in [-0.15, -0.1) is 11.6 Å². The van der Waals surface area contributed by atoms with Gasteiger partial charge in [0.15, 0.2) is 0 Å². The molecule has 0 spiro atoms. The third-order valence-electron chi connectivity index (χ3n) is 2.65. The van der Waals surface area contributed by atoms with E-state index in [9.17, 15) is 10.1 Å². The minimum Gasteiger partial charge on any atom is -0.337 e. The van der Waals surface area contributed by atoms with Gasteiger partial charge in [-0.3, -0.25) is 10.1 Å². The number of para-hydroxylation sites is 1. The second-order valence-electron chi connectivity index (χ2n) is 3.87. The first-order valence-electron chi connectivity index (χ1n) is 5.49. The minimum absolute atomic E-state index is 0.162. The number of nitro benzene ring substituents is 1. The standard InChI is InChI=1S/C12H12ClN3O2/c13-7-11-8-15(9-14-11)6-5-10-3-1-2-4-12(10)16(17)18/h1-4,8-9H,5-7H2. The highest BCUT2D eigenvalue weighted by molar-refractivity contribution is 6.16. The second kappa shape index (κ2) is 5.64. The van der Waals surface area contributed by atoms with Crippen molar-refractivity contribution >= 4 is 17.3 Å². The third kappa shape index (κ3) is 2.87. The normalized spacial score (nSPS) is 10.5. The number of hydrogen-bond donors (Lipinski definition) is 0. The maximum Gasteiger partial charge on any atom is 0.272 e. The van der Waals surface area contributed by atoms with E-state index in [1.807, 2.05) is 10.8 Å². The highest BCUT2D eigenvalue weighted by Crippen LogP contribution is 2.18. The molecule has 0 fully saturated rings. The van der Waals surface area contributed by atoms with Crippen LogP contribution in [0, 0.1) is 10.1 Å². The molecule has 0 radical (unpaired) electrons. The summed E-state index contributed by atoms with van der Waals surface area (Å²) in [6.07, 6.45) is 4.13. The number of alkyl halides is 1. The van der Waals surface area contributed by atoms with E-state index in [0.29, 0.717) is 18.8 Å². The Morgan fingerprint density at radius 1 is 1.39 bits per heavy atom. The number of benzene rings is 1. The molecule has 0 aliphatic carbocycles. The predicted octanol–water partition coefficient (Wildman–Crippen LogP) is 2.77. The van der Waals surface area contributed by atoms with E-state index in [4.69, 9.17) is 11.6 Å². The van der Waals surface area contributed by atoms with Crippen LogP contribution in [-0.2, 0) is 18.8 Å². The Hall–Kier alpha value is -1.88. The number of aromatic nitrogens is 2. The average molecular weight is 266 g/mol. The molecule has 18 heavy (non-hydrogen) atoms. The number of aryl methyl sites for hydroxylation is 2. The lowest BCUT2D eigenvalue weighted by Crippen LogP contribution is -2.01. The van der Waals surface area contributed by atoms with Gasteiger partial charge < -0.3 is 4.57 Å². The molecule has 0 unspecified atom stereocenters. The number of nitrogens with zero attached hydrogens (tertiary/aromatic N) is 3. The van der Waals surface area contributed by atoms with Crippen molar-refractivity contribution in [3.8, 4) is 0 Å². The number of halogens is 1. The zero-order chi connectivity index (χ0) is 13.0. The molecule has 5 nitrogen and oxygen atoms in total. The van der Waals surface area contributed by atoms with Crippen LogP contribution < -0.4 is 0 Å². The number of rotatable bonds is 5. The van der Waals surface area contributed by atoms with E-state index in [-0.39, 0.29) is 10.6 Å². The topological polar surface area (TPSA) is 61.0 Å². The molecule has 2 aromatic rings. The van der Waals surface area contributed by atoms with Crippen molar-refractivity contribution in [1.82, 2.24) is 9.55 Å². The van der Waals surface area contributed by atoms with Crippen LogP contribution in [0.15, 0.2) is 36.8 Å². The van der Waals surface area contributed by atoms with Crippen molar-refractivity contribution in [3.63, 3.8) is 0 Å². The number of imidazole rings is 1. The van der Waals surface area contributed by atoms with Gasteiger partial charge in [0.2, 0.25) is 0 Å². The molecule has 0 N–H and O–H groups in total. The Kier molecular flexibility index (Phi) is 3.94. The lowest BCUT2D eigenvalue weighted by atomic mass is 10.1. The summed E-state index contributed by atoms with van der Waals surface area (Å²) >= 11 is 5.66. The summed E-state index contributed by atoms with van der Waals surface area (Å²) in [4.78, 5) is 14.6. The van der Waals surface area contributed by atoms with Crippen LogP contribution in [0.1, 0.15) is 11.3 Å². The first-order chi connectivity index (χ1) is 8.70. The van der Waals surface area contributed by atoms with Crippen molar-refractivity contribution in [1.29, 1.82) is 0 Å². The predicted molar refractivity (Wildman–Crippen MR) is 68.6 cm³/mol. The summed E-state index contributed by atoms with van der Waals surface area (Å²) in [5.41, 5.74) is 1.69. The van der Waals surface area contributed by atoms with Crippen molar-refractivity contribution < 1.29 is 4.92 Å². The molecule has 0 saturated heterocycles. The van der Waals surface area contributed by atoms with Gasteiger partial charge in [-0.2, -0.15) is 0 Å². The largest absolute Gasteiger partial charge is 0.337 e. The van der Waals surface area contributed by atoms with E-state index in [1.165, 1.54) is 6.07 Å². The van der Waals surface area contributed by atoms with Crippen LogP contribution in [-0.4, -0.2) is 14.5 Å². The van der Waals surface area contributed by atoms with Gasteiger partial charge in [-0.1, -0.05) is 18.2 Å². The summed E-state index contributed by atoms with van der Waals surface area (Å²) in [6, 6.07) is 6.77. The summed E-state index contributed by atoms with van der Waals surface area (Å²) in [7, 11) is 0. The Morgan fingerprint density at radius 2 is 2.17 bits per heavy atom. The fourth-order valence-electron chi connectivity index (χ4n) is 1.75. The molecular weight excluding hydrogens is 254 g/mol. The fourth-order valence-corrected chi connectivity index (χ4v) is 1.89. The first kappa shape index (κ1) is 12.6. The van der Waals surface area contributed by atoms with Crippen molar-refractivity contribution in [2.45, 2.75) is 18.8 Å². The van der Waals surface area contributed by atoms with Crippen LogP contribution in [0.4, 0.5) is 5.69 Å². The van der Waals surface area contributed by atoms with Gasteiger partial charge in [0, 0.05) is 24.4 Å². The van der Waals surface area contributed by atoms with E-state index in [0.717, 1.165) is 11.3 Å². The van der Waals surface area contributed by atoms with E-state index in [1.54, 1.807) is 24.5 Å². The highest BCUT2D eigenvalue weighted by Gasteiger charge is 2.11. The van der Waals surface area contributed by atoms with Crippen LogP contribution in [0.5, 0.6) is 0 Å². The molecule has 1 aromatic heterocycles. The number of hydrogen-bond acceptors (Lipinski definition) is 3. The van der Waals surface area contributed by atoms with Crippen LogP contribution in [0.2, 0.25) is 0 Å². The Balaban J connectivity index is 2.08. The van der Waals surface area contributed by atoms with Crippen molar-refractivity contribution in [2.75, 3.05) is 0 Å². The van der Waals surface area contributed by atoms with Gasteiger partial charge in [0.1, 0.15) is 0 Å². The van der Waals surface area contributed by atoms with Gasteiger partial charge >= 0.3 is 0 Å². The van der Waals surface area contributed by atoms with E-state index >= 15 is 0 Å². The lowest BCUT2D eigenvalue weighted by molar-refractivity contribution is -0.385. The second-order valence-corrected chi connectivity index (χ2v) is 4.14. The van der Waals surface area contributed by atoms with Gasteiger partial charge in [-0.05, 0) is 6.42 Å². The smallest absolute Gasteiger partial charge is 0.272 e. The molecule has 1 aromatic carbocycles.